The second kappa shape index (κ2) is 9.23. The molecule has 9 heteroatoms. The maximum atomic E-state index is 12.9. The van der Waals surface area contributed by atoms with Crippen LogP contribution in [-0.4, -0.2) is 90.8 Å². The van der Waals surface area contributed by atoms with Crippen molar-refractivity contribution in [3.05, 3.63) is 17.1 Å². The highest BCUT2D eigenvalue weighted by Crippen LogP contribution is 2.38. The molecule has 31 heavy (non-hydrogen) atoms. The van der Waals surface area contributed by atoms with Crippen LogP contribution < -0.4 is 10.2 Å². The maximum absolute atomic E-state index is 12.9. The predicted octanol–water partition coefficient (Wildman–Crippen LogP) is 3.77. The quantitative estimate of drug-likeness (QED) is 0.697. The first-order valence-corrected chi connectivity index (χ1v) is 12.6. The molecule has 1 aromatic carbocycles. The summed E-state index contributed by atoms with van der Waals surface area (Å²) in [6.45, 7) is 14.3. The minimum atomic E-state index is -0.0140. The van der Waals surface area contributed by atoms with E-state index in [9.17, 15) is 4.79 Å². The minimum Gasteiger partial charge on any atom is -0.367 e. The number of amides is 1. The summed E-state index contributed by atoms with van der Waals surface area (Å²) in [6, 6.07) is 4.29. The van der Waals surface area contributed by atoms with E-state index < -0.39 is 0 Å². The van der Waals surface area contributed by atoms with Crippen LogP contribution in [0.1, 0.15) is 25.8 Å². The highest BCUT2D eigenvalue weighted by Gasteiger charge is 2.24. The van der Waals surface area contributed by atoms with Gasteiger partial charge in [0.05, 0.1) is 26.6 Å². The van der Waals surface area contributed by atoms with E-state index in [-0.39, 0.29) is 10.7 Å². The van der Waals surface area contributed by atoms with Crippen LogP contribution in [-0.2, 0) is 5.41 Å². The molecule has 170 valence electrons. The zero-order valence-corrected chi connectivity index (χ0v) is 20.9. The van der Waals surface area contributed by atoms with Crippen LogP contribution in [0.25, 0.3) is 10.2 Å². The standard InChI is InChI=1S/C22H34N6OS2/c1-22(2,3)20-23-17-14-18(27-10-6-25(4)7-11-27)16(15-19(17)30-20)24-21(29)31-28-12-8-26(5)9-13-28/h14-15H,6-13H2,1-5H3,(H,24,29). The van der Waals surface area contributed by atoms with Crippen molar-refractivity contribution in [3.8, 4) is 0 Å². The number of nitrogens with one attached hydrogen (secondary N) is 1. The fourth-order valence-corrected chi connectivity index (χ4v) is 5.60. The first kappa shape index (κ1) is 22.8. The Hall–Kier alpha value is -1.39. The van der Waals surface area contributed by atoms with Crippen LogP contribution in [0, 0.1) is 0 Å². The number of nitrogens with zero attached hydrogens (tertiary/aromatic N) is 5. The van der Waals surface area contributed by atoms with Crippen molar-refractivity contribution in [2.75, 3.05) is 76.7 Å². The number of anilines is 2. The highest BCUT2D eigenvalue weighted by atomic mass is 32.2. The Labute approximate surface area is 193 Å². The molecule has 1 N–H and O–H groups in total. The van der Waals surface area contributed by atoms with Crippen molar-refractivity contribution in [1.29, 1.82) is 0 Å². The fraction of sp³-hybridized carbons (Fsp3) is 0.636. The maximum Gasteiger partial charge on any atom is 0.298 e. The lowest BCUT2D eigenvalue weighted by Crippen LogP contribution is -2.44. The van der Waals surface area contributed by atoms with Gasteiger partial charge in [-0.2, -0.15) is 0 Å². The lowest BCUT2D eigenvalue weighted by molar-refractivity contribution is 0.232. The average molecular weight is 463 g/mol. The van der Waals surface area contributed by atoms with Gasteiger partial charge in [0.25, 0.3) is 5.24 Å². The van der Waals surface area contributed by atoms with E-state index in [1.165, 1.54) is 11.9 Å². The number of hydrogen-bond acceptors (Lipinski definition) is 8. The summed E-state index contributed by atoms with van der Waals surface area (Å²) < 4.78 is 3.29. The lowest BCUT2D eigenvalue weighted by atomic mass is 9.98. The summed E-state index contributed by atoms with van der Waals surface area (Å²) in [7, 11) is 4.28. The number of hydrogen-bond donors (Lipinski definition) is 1. The zero-order valence-electron chi connectivity index (χ0n) is 19.3. The molecule has 0 atom stereocenters. The number of aromatic nitrogens is 1. The molecule has 0 spiro atoms. The van der Waals surface area contributed by atoms with Gasteiger partial charge in [0.15, 0.2) is 0 Å². The summed E-state index contributed by atoms with van der Waals surface area (Å²) in [6.07, 6.45) is 0. The first-order valence-electron chi connectivity index (χ1n) is 11.0. The topological polar surface area (TPSA) is 55.0 Å². The van der Waals surface area contributed by atoms with Crippen LogP contribution >= 0.6 is 23.3 Å². The van der Waals surface area contributed by atoms with Gasteiger partial charge in [0.1, 0.15) is 0 Å². The molecule has 0 unspecified atom stereocenters. The molecule has 7 nitrogen and oxygen atoms in total. The number of likely N-dealkylation sites (N-methyl/N-ethyl adjacent to an activating group) is 2. The summed E-state index contributed by atoms with van der Waals surface area (Å²) in [5.74, 6) is 0. The van der Waals surface area contributed by atoms with Crippen molar-refractivity contribution in [1.82, 2.24) is 19.1 Å². The largest absolute Gasteiger partial charge is 0.367 e. The third-order valence-electron chi connectivity index (χ3n) is 5.90. The number of rotatable bonds is 3. The van der Waals surface area contributed by atoms with Gasteiger partial charge < -0.3 is 20.0 Å². The third kappa shape index (κ3) is 5.51. The lowest BCUT2D eigenvalue weighted by Gasteiger charge is -2.35. The monoisotopic (exact) mass is 462 g/mol. The van der Waals surface area contributed by atoms with Crippen molar-refractivity contribution in [2.45, 2.75) is 26.2 Å². The number of carbonyl (C=O) groups excluding carboxylic acids is 1. The molecule has 2 aromatic rings. The second-order valence-electron chi connectivity index (χ2n) is 9.63. The Bertz CT molecular complexity index is 924. The number of thiazole rings is 1. The van der Waals surface area contributed by atoms with Crippen LogP contribution in [0.4, 0.5) is 16.2 Å². The summed E-state index contributed by atoms with van der Waals surface area (Å²) >= 11 is 3.03. The average Bonchev–Trinajstić information content (AvgIpc) is 3.13. The Balaban J connectivity index is 1.59. The van der Waals surface area contributed by atoms with Crippen LogP contribution in [0.2, 0.25) is 0 Å². The molecule has 2 fully saturated rings. The van der Waals surface area contributed by atoms with Gasteiger partial charge in [-0.25, -0.2) is 9.29 Å². The Morgan fingerprint density at radius 3 is 2.23 bits per heavy atom. The van der Waals surface area contributed by atoms with E-state index in [2.05, 4.69) is 71.3 Å². The molecule has 3 heterocycles. The molecule has 4 rings (SSSR count). The van der Waals surface area contributed by atoms with Gasteiger partial charge >= 0.3 is 0 Å². The summed E-state index contributed by atoms with van der Waals surface area (Å²) in [5, 5.41) is 4.32. The van der Waals surface area contributed by atoms with Crippen LogP contribution in [0.3, 0.4) is 0 Å². The molecular formula is C22H34N6OS2. The smallest absolute Gasteiger partial charge is 0.298 e. The van der Waals surface area contributed by atoms with E-state index in [0.29, 0.717) is 0 Å². The first-order chi connectivity index (χ1) is 14.7. The molecule has 2 aliphatic rings. The number of carbonyl (C=O) groups is 1. The van der Waals surface area contributed by atoms with Gasteiger partial charge in [0.2, 0.25) is 0 Å². The fourth-order valence-electron chi connectivity index (χ4n) is 3.82. The molecule has 0 aliphatic carbocycles. The van der Waals surface area contributed by atoms with E-state index in [4.69, 9.17) is 4.98 Å². The van der Waals surface area contributed by atoms with Crippen LogP contribution in [0.15, 0.2) is 12.1 Å². The molecule has 2 saturated heterocycles. The van der Waals surface area contributed by atoms with Crippen molar-refractivity contribution >= 4 is 50.1 Å². The molecule has 0 radical (unpaired) electrons. The van der Waals surface area contributed by atoms with Gasteiger partial charge in [-0.05, 0) is 26.2 Å². The van der Waals surface area contributed by atoms with E-state index in [1.54, 1.807) is 11.3 Å². The van der Waals surface area contributed by atoms with Crippen molar-refractivity contribution < 1.29 is 4.79 Å². The normalized spacial score (nSPS) is 19.8. The summed E-state index contributed by atoms with van der Waals surface area (Å²) in [4.78, 5) is 24.9. The Kier molecular flexibility index (Phi) is 6.79. The Morgan fingerprint density at radius 1 is 1.00 bits per heavy atom. The minimum absolute atomic E-state index is 0.0123. The zero-order chi connectivity index (χ0) is 22.2. The Morgan fingerprint density at radius 2 is 1.61 bits per heavy atom. The van der Waals surface area contributed by atoms with Gasteiger partial charge in [-0.1, -0.05) is 20.8 Å². The van der Waals surface area contributed by atoms with E-state index in [0.717, 1.165) is 79.0 Å². The third-order valence-corrected chi connectivity index (χ3v) is 8.24. The number of fused-ring (bicyclic) bond motifs is 1. The molecule has 1 amide bonds. The molecule has 0 bridgehead atoms. The summed E-state index contributed by atoms with van der Waals surface area (Å²) in [5.41, 5.74) is 3.01. The SMILES string of the molecule is CN1CCN(SC(=O)Nc2cc3sc(C(C)(C)C)nc3cc2N2CCN(C)CC2)CC1. The second-order valence-corrected chi connectivity index (χ2v) is 11.7. The number of benzene rings is 1. The van der Waals surface area contributed by atoms with Gasteiger partial charge in [0, 0.05) is 69.7 Å². The highest BCUT2D eigenvalue weighted by molar-refractivity contribution is 8.11. The molecule has 2 aliphatic heterocycles. The predicted molar refractivity (Wildman–Crippen MR) is 134 cm³/mol. The molecule has 0 saturated carbocycles. The van der Waals surface area contributed by atoms with Crippen LogP contribution in [0.5, 0.6) is 0 Å². The van der Waals surface area contributed by atoms with E-state index in [1.807, 2.05) is 0 Å². The molecular weight excluding hydrogens is 428 g/mol. The number of piperazine rings is 2. The van der Waals surface area contributed by atoms with E-state index >= 15 is 0 Å². The molecule has 1 aromatic heterocycles. The van der Waals surface area contributed by atoms with Crippen molar-refractivity contribution in [2.24, 2.45) is 0 Å². The van der Waals surface area contributed by atoms with Crippen molar-refractivity contribution in [3.63, 3.8) is 0 Å². The van der Waals surface area contributed by atoms with Gasteiger partial charge in [-0.3, -0.25) is 4.79 Å². The van der Waals surface area contributed by atoms with Gasteiger partial charge in [-0.15, -0.1) is 11.3 Å².